The average molecular weight is 418 g/mol. The number of ketones is 2. The summed E-state index contributed by atoms with van der Waals surface area (Å²) in [5, 5.41) is 3.41. The molecule has 0 amide bonds. The number of piperidine rings is 1. The molecule has 0 aromatic heterocycles. The highest BCUT2D eigenvalue weighted by atomic mass is 16.1. The van der Waals surface area contributed by atoms with E-state index in [1.165, 1.54) is 0 Å². The first kappa shape index (κ1) is 22.0. The van der Waals surface area contributed by atoms with Crippen LogP contribution in [0, 0.1) is 22.2 Å². The van der Waals surface area contributed by atoms with E-state index < -0.39 is 10.8 Å². The van der Waals surface area contributed by atoms with E-state index in [9.17, 15) is 9.59 Å². The van der Waals surface area contributed by atoms with E-state index in [0.717, 1.165) is 55.5 Å². The van der Waals surface area contributed by atoms with Crippen molar-refractivity contribution in [3.8, 4) is 0 Å². The summed E-state index contributed by atoms with van der Waals surface area (Å²) in [7, 11) is 0. The number of fused-ring (bicyclic) bond motifs is 2. The highest BCUT2D eigenvalue weighted by molar-refractivity contribution is 6.08. The van der Waals surface area contributed by atoms with E-state index in [4.69, 9.17) is 0 Å². The molecule has 3 aliphatic rings. The minimum Gasteiger partial charge on any atom is -0.317 e. The topological polar surface area (TPSA) is 46.2 Å². The van der Waals surface area contributed by atoms with Crippen LogP contribution in [0.4, 0.5) is 0 Å². The molecule has 0 radical (unpaired) electrons. The maximum absolute atomic E-state index is 14.0. The maximum atomic E-state index is 14.0. The molecule has 3 nitrogen and oxygen atoms in total. The molecule has 1 N–H and O–H groups in total. The van der Waals surface area contributed by atoms with E-state index in [1.54, 1.807) is 6.08 Å². The normalized spacial score (nSPS) is 30.2. The first-order chi connectivity index (χ1) is 14.7. The third kappa shape index (κ3) is 3.57. The quantitative estimate of drug-likeness (QED) is 0.488. The van der Waals surface area contributed by atoms with E-state index in [1.807, 2.05) is 31.2 Å². The van der Waals surface area contributed by atoms with Crippen LogP contribution in [0.2, 0.25) is 0 Å². The first-order valence-corrected chi connectivity index (χ1v) is 11.6. The zero-order valence-corrected chi connectivity index (χ0v) is 19.2. The van der Waals surface area contributed by atoms with Crippen molar-refractivity contribution in [1.82, 2.24) is 5.32 Å². The predicted octanol–water partition coefficient (Wildman–Crippen LogP) is 5.54. The fourth-order valence-electron chi connectivity index (χ4n) is 6.47. The molecule has 1 saturated heterocycles. The minimum absolute atomic E-state index is 0.138. The summed E-state index contributed by atoms with van der Waals surface area (Å²) in [6.45, 7) is 12.0. The molecule has 1 aromatic rings. The van der Waals surface area contributed by atoms with Crippen molar-refractivity contribution in [2.24, 2.45) is 22.2 Å². The molecule has 3 fully saturated rings. The van der Waals surface area contributed by atoms with Gasteiger partial charge in [0.2, 0.25) is 0 Å². The Labute approximate surface area is 186 Å². The minimum atomic E-state index is -0.471. The number of hydrogen-bond acceptors (Lipinski definition) is 3. The summed E-state index contributed by atoms with van der Waals surface area (Å²) in [6.07, 6.45) is 9.81. The Hall–Kier alpha value is -2.26. The number of carbonyl (C=O) groups excluding carboxylic acids is 2. The molecule has 1 aliphatic heterocycles. The summed E-state index contributed by atoms with van der Waals surface area (Å²) < 4.78 is 0. The van der Waals surface area contributed by atoms with Gasteiger partial charge in [-0.1, -0.05) is 62.4 Å². The van der Waals surface area contributed by atoms with Crippen molar-refractivity contribution in [3.63, 3.8) is 0 Å². The van der Waals surface area contributed by atoms with Crippen LogP contribution in [0.5, 0.6) is 0 Å². The fraction of sp³-hybridized carbons (Fsp3) is 0.500. The molecule has 2 atom stereocenters. The summed E-state index contributed by atoms with van der Waals surface area (Å²) in [5.74, 6) is 0.714. The first-order valence-electron chi connectivity index (χ1n) is 11.6. The molecular weight excluding hydrogens is 382 g/mol. The average Bonchev–Trinajstić information content (AvgIpc) is 3.08. The van der Waals surface area contributed by atoms with Gasteiger partial charge >= 0.3 is 0 Å². The Kier molecular flexibility index (Phi) is 5.68. The smallest absolute Gasteiger partial charge is 0.165 e. The Morgan fingerprint density at radius 2 is 1.81 bits per heavy atom. The third-order valence-corrected chi connectivity index (χ3v) is 8.40. The molecular formula is C28H35NO2. The molecule has 2 saturated carbocycles. The van der Waals surface area contributed by atoms with Gasteiger partial charge < -0.3 is 5.32 Å². The van der Waals surface area contributed by atoms with Gasteiger partial charge in [0.05, 0.1) is 0 Å². The molecule has 3 heteroatoms. The van der Waals surface area contributed by atoms with Crippen LogP contribution in [0.1, 0.15) is 58.4 Å². The van der Waals surface area contributed by atoms with Crippen LogP contribution in [-0.2, 0) is 9.59 Å². The lowest BCUT2D eigenvalue weighted by atomic mass is 9.57. The SMILES string of the molecule is C=C(C)C=CC(=O)C1(CC23CCC(C(=Cc4ccccc4)C2=O)C3(C)C)CCNCC1. The van der Waals surface area contributed by atoms with E-state index in [0.29, 0.717) is 6.42 Å². The molecule has 31 heavy (non-hydrogen) atoms. The molecule has 2 bridgehead atoms. The monoisotopic (exact) mass is 417 g/mol. The van der Waals surface area contributed by atoms with Crippen molar-refractivity contribution in [2.45, 2.75) is 52.9 Å². The number of Topliss-reactive ketones (excluding diaryl/α,β-unsaturated/α-hetero) is 1. The lowest BCUT2D eigenvalue weighted by Crippen LogP contribution is -2.48. The van der Waals surface area contributed by atoms with Crippen molar-refractivity contribution in [2.75, 3.05) is 13.1 Å². The van der Waals surface area contributed by atoms with Crippen LogP contribution >= 0.6 is 0 Å². The zero-order valence-electron chi connectivity index (χ0n) is 19.2. The maximum Gasteiger partial charge on any atom is 0.165 e. The number of rotatable bonds is 6. The van der Waals surface area contributed by atoms with Gasteiger partial charge in [0.15, 0.2) is 11.6 Å². The summed E-state index contributed by atoms with van der Waals surface area (Å²) >= 11 is 0. The van der Waals surface area contributed by atoms with Gasteiger partial charge in [-0.3, -0.25) is 9.59 Å². The standard InChI is InChI=1S/C28H35NO2/c1-20(2)10-11-24(30)27(14-16-29-17-15-27)19-28-13-12-23(26(28,3)4)22(25(28)31)18-21-8-6-5-7-9-21/h5-11,18,23,29H,1,12-17,19H2,2-4H3. The van der Waals surface area contributed by atoms with Crippen LogP contribution in [0.25, 0.3) is 6.08 Å². The number of hydrogen-bond donors (Lipinski definition) is 1. The lowest BCUT2D eigenvalue weighted by Gasteiger charge is -2.45. The Balaban J connectivity index is 1.73. The Bertz CT molecular complexity index is 946. The second-order valence-electron chi connectivity index (χ2n) is 10.5. The van der Waals surface area contributed by atoms with Gasteiger partial charge in [-0.2, -0.15) is 0 Å². The Morgan fingerprint density at radius 1 is 1.13 bits per heavy atom. The zero-order chi connectivity index (χ0) is 22.3. The molecule has 1 aromatic carbocycles. The largest absolute Gasteiger partial charge is 0.317 e. The number of nitrogens with one attached hydrogen (secondary N) is 1. The number of allylic oxidation sites excluding steroid dienone is 4. The van der Waals surface area contributed by atoms with Crippen molar-refractivity contribution in [3.05, 3.63) is 65.8 Å². The fourth-order valence-corrected chi connectivity index (χ4v) is 6.47. The molecule has 164 valence electrons. The van der Waals surface area contributed by atoms with Crippen molar-refractivity contribution >= 4 is 17.6 Å². The second kappa shape index (κ2) is 8.02. The number of carbonyl (C=O) groups is 2. The predicted molar refractivity (Wildman–Crippen MR) is 126 cm³/mol. The van der Waals surface area contributed by atoms with Gasteiger partial charge in [0.1, 0.15) is 0 Å². The second-order valence-corrected chi connectivity index (χ2v) is 10.5. The molecule has 4 rings (SSSR count). The van der Waals surface area contributed by atoms with Crippen LogP contribution in [0.3, 0.4) is 0 Å². The van der Waals surface area contributed by atoms with Gasteiger partial charge in [0.25, 0.3) is 0 Å². The van der Waals surface area contributed by atoms with Gasteiger partial charge in [0, 0.05) is 10.8 Å². The Morgan fingerprint density at radius 3 is 2.45 bits per heavy atom. The van der Waals surface area contributed by atoms with Crippen LogP contribution < -0.4 is 5.32 Å². The number of benzene rings is 1. The molecule has 2 aliphatic carbocycles. The molecule has 0 spiro atoms. The summed E-state index contributed by atoms with van der Waals surface area (Å²) in [6, 6.07) is 10.2. The van der Waals surface area contributed by atoms with Crippen LogP contribution in [-0.4, -0.2) is 24.7 Å². The van der Waals surface area contributed by atoms with Gasteiger partial charge in [-0.15, -0.1) is 0 Å². The summed E-state index contributed by atoms with van der Waals surface area (Å²) in [5.41, 5.74) is 1.87. The van der Waals surface area contributed by atoms with E-state index in [-0.39, 0.29) is 22.9 Å². The van der Waals surface area contributed by atoms with E-state index >= 15 is 0 Å². The summed E-state index contributed by atoms with van der Waals surface area (Å²) in [4.78, 5) is 27.5. The van der Waals surface area contributed by atoms with Crippen molar-refractivity contribution < 1.29 is 9.59 Å². The van der Waals surface area contributed by atoms with E-state index in [2.05, 4.69) is 44.0 Å². The molecule has 1 heterocycles. The molecule has 2 unspecified atom stereocenters. The van der Waals surface area contributed by atoms with Gasteiger partial charge in [-0.25, -0.2) is 0 Å². The highest BCUT2D eigenvalue weighted by Crippen LogP contribution is 2.69. The lowest BCUT2D eigenvalue weighted by molar-refractivity contribution is -0.135. The third-order valence-electron chi connectivity index (χ3n) is 8.40. The van der Waals surface area contributed by atoms with Crippen LogP contribution in [0.15, 0.2) is 60.2 Å². The van der Waals surface area contributed by atoms with Crippen molar-refractivity contribution in [1.29, 1.82) is 0 Å². The highest BCUT2D eigenvalue weighted by Gasteiger charge is 2.68. The van der Waals surface area contributed by atoms with Gasteiger partial charge in [-0.05, 0) is 86.7 Å².